The average Bonchev–Trinajstić information content (AvgIpc) is 3.18. The number of amides is 1. The van der Waals surface area contributed by atoms with Crippen LogP contribution in [0.1, 0.15) is 48.0 Å². The Bertz CT molecular complexity index is 924. The number of ether oxygens (including phenoxy) is 2. The molecule has 0 bridgehead atoms. The molecule has 0 aliphatic carbocycles. The van der Waals surface area contributed by atoms with Crippen molar-refractivity contribution in [1.29, 1.82) is 0 Å². The molecule has 0 saturated carbocycles. The zero-order chi connectivity index (χ0) is 25.0. The summed E-state index contributed by atoms with van der Waals surface area (Å²) >= 11 is 0. The first-order valence-corrected chi connectivity index (χ1v) is 13.9. The van der Waals surface area contributed by atoms with E-state index in [1.54, 1.807) is 18.3 Å². The number of rotatable bonds is 6. The van der Waals surface area contributed by atoms with Gasteiger partial charge in [-0.2, -0.15) is 0 Å². The fraction of sp³-hybridized carbons (Fsp3) is 0.464. The molecule has 0 spiro atoms. The van der Waals surface area contributed by atoms with Crippen molar-refractivity contribution >= 4 is 24.8 Å². The van der Waals surface area contributed by atoms with Crippen LogP contribution in [-0.4, -0.2) is 50.7 Å². The van der Waals surface area contributed by atoms with E-state index in [0.717, 1.165) is 0 Å². The summed E-state index contributed by atoms with van der Waals surface area (Å²) in [7, 11) is -1.11. The van der Waals surface area contributed by atoms with Crippen molar-refractivity contribution in [2.24, 2.45) is 0 Å². The molecule has 1 fully saturated rings. The van der Waals surface area contributed by atoms with Gasteiger partial charge in [-0.3, -0.25) is 4.90 Å². The molecule has 0 radical (unpaired) electrons. The first-order valence-electron chi connectivity index (χ1n) is 12.0. The topological polar surface area (TPSA) is 48.0 Å². The lowest BCUT2D eigenvalue weighted by Gasteiger charge is -2.44. The highest BCUT2D eigenvalue weighted by Gasteiger charge is 2.53. The Morgan fingerprint density at radius 2 is 1.47 bits per heavy atom. The molecule has 0 unspecified atom stereocenters. The Labute approximate surface area is 205 Å². The second-order valence-electron chi connectivity index (χ2n) is 10.9. The largest absolute Gasteiger partial charge is 0.505 e. The van der Waals surface area contributed by atoms with Crippen LogP contribution in [0.4, 0.5) is 4.79 Å². The van der Waals surface area contributed by atoms with Gasteiger partial charge in [-0.15, -0.1) is 0 Å². The molecule has 0 aromatic heterocycles. The normalized spacial score (nSPS) is 19.4. The van der Waals surface area contributed by atoms with Gasteiger partial charge in [-0.1, -0.05) is 81.4 Å². The van der Waals surface area contributed by atoms with E-state index < -0.39 is 13.9 Å². The SMILES string of the molecule is CO/C=C/[C@H]1C[C@H](O[Si](c2ccccc2)(c2ccccc2)C(C)(C)C)CN1C(=O)OC(C)(C)C. The molecule has 6 heteroatoms. The molecule has 1 amide bonds. The molecule has 1 heterocycles. The third kappa shape index (κ3) is 5.73. The zero-order valence-corrected chi connectivity index (χ0v) is 22.6. The number of methoxy groups -OCH3 is 1. The molecule has 2 aromatic rings. The lowest BCUT2D eigenvalue weighted by molar-refractivity contribution is 0.0237. The Morgan fingerprint density at radius 1 is 0.941 bits per heavy atom. The number of carbonyl (C=O) groups excluding carboxylic acids is 1. The Kier molecular flexibility index (Phi) is 7.94. The molecular formula is C28H39NO4Si. The summed E-state index contributed by atoms with van der Waals surface area (Å²) in [6.07, 6.45) is 3.77. The lowest BCUT2D eigenvalue weighted by Crippen LogP contribution is -2.67. The van der Waals surface area contributed by atoms with Crippen LogP contribution in [0.25, 0.3) is 0 Å². The van der Waals surface area contributed by atoms with E-state index in [-0.39, 0.29) is 23.3 Å². The highest BCUT2D eigenvalue weighted by molar-refractivity contribution is 6.99. The maximum atomic E-state index is 13.1. The van der Waals surface area contributed by atoms with Crippen LogP contribution < -0.4 is 10.4 Å². The van der Waals surface area contributed by atoms with Crippen molar-refractivity contribution in [3.63, 3.8) is 0 Å². The van der Waals surface area contributed by atoms with E-state index in [1.807, 2.05) is 39.0 Å². The second kappa shape index (κ2) is 10.4. The molecule has 34 heavy (non-hydrogen) atoms. The van der Waals surface area contributed by atoms with Gasteiger partial charge in [-0.25, -0.2) is 4.79 Å². The highest BCUT2D eigenvalue weighted by Crippen LogP contribution is 2.39. The van der Waals surface area contributed by atoms with Gasteiger partial charge in [0.1, 0.15) is 5.60 Å². The Hall–Kier alpha value is -2.57. The van der Waals surface area contributed by atoms with Gasteiger partial charge >= 0.3 is 6.09 Å². The first kappa shape index (κ1) is 26.0. The summed E-state index contributed by atoms with van der Waals surface area (Å²) in [6, 6.07) is 21.0. The minimum Gasteiger partial charge on any atom is -0.505 e. The van der Waals surface area contributed by atoms with Crippen LogP contribution in [-0.2, 0) is 13.9 Å². The van der Waals surface area contributed by atoms with Crippen molar-refractivity contribution in [3.8, 4) is 0 Å². The number of carbonyl (C=O) groups is 1. The number of likely N-dealkylation sites (tertiary alicyclic amines) is 1. The van der Waals surface area contributed by atoms with Crippen LogP contribution in [0.15, 0.2) is 73.0 Å². The van der Waals surface area contributed by atoms with Crippen LogP contribution in [0, 0.1) is 0 Å². The third-order valence-corrected chi connectivity index (χ3v) is 11.2. The lowest BCUT2D eigenvalue weighted by atomic mass is 10.2. The number of hydrogen-bond acceptors (Lipinski definition) is 4. The van der Waals surface area contributed by atoms with Crippen LogP contribution in [0.5, 0.6) is 0 Å². The predicted molar refractivity (Wildman–Crippen MR) is 140 cm³/mol. The highest BCUT2D eigenvalue weighted by atomic mass is 28.4. The summed E-state index contributed by atoms with van der Waals surface area (Å²) in [5, 5.41) is 2.33. The van der Waals surface area contributed by atoms with Crippen molar-refractivity contribution in [2.45, 2.75) is 70.7 Å². The quantitative estimate of drug-likeness (QED) is 0.425. The summed E-state index contributed by atoms with van der Waals surface area (Å²) in [4.78, 5) is 14.8. The molecule has 5 nitrogen and oxygen atoms in total. The van der Waals surface area contributed by atoms with Gasteiger partial charge in [0.25, 0.3) is 8.32 Å². The molecule has 0 N–H and O–H groups in total. The maximum absolute atomic E-state index is 13.1. The number of hydrogen-bond donors (Lipinski definition) is 0. The molecule has 3 rings (SSSR count). The molecule has 1 aliphatic rings. The summed E-state index contributed by atoms with van der Waals surface area (Å²) < 4.78 is 18.2. The van der Waals surface area contributed by atoms with E-state index in [1.165, 1.54) is 10.4 Å². The summed E-state index contributed by atoms with van der Waals surface area (Å²) in [6.45, 7) is 12.9. The fourth-order valence-corrected chi connectivity index (χ4v) is 9.42. The van der Waals surface area contributed by atoms with Gasteiger partial charge in [0.05, 0.1) is 25.5 Å². The predicted octanol–water partition coefficient (Wildman–Crippen LogP) is 5.10. The average molecular weight is 482 g/mol. The molecule has 1 saturated heterocycles. The van der Waals surface area contributed by atoms with E-state index in [4.69, 9.17) is 13.9 Å². The van der Waals surface area contributed by atoms with Crippen LogP contribution in [0.3, 0.4) is 0 Å². The summed E-state index contributed by atoms with van der Waals surface area (Å²) in [5.41, 5.74) is -0.566. The first-order chi connectivity index (χ1) is 16.0. The minimum absolute atomic E-state index is 0.132. The van der Waals surface area contributed by atoms with Gasteiger partial charge in [0.2, 0.25) is 0 Å². The van der Waals surface area contributed by atoms with Crippen LogP contribution >= 0.6 is 0 Å². The van der Waals surface area contributed by atoms with E-state index in [2.05, 4.69) is 69.3 Å². The Morgan fingerprint density at radius 3 is 1.91 bits per heavy atom. The molecule has 2 atom stereocenters. The minimum atomic E-state index is -2.72. The third-order valence-electron chi connectivity index (χ3n) is 6.13. The molecule has 2 aromatic carbocycles. The standard InChI is InChI=1S/C28H39NO4Si/c1-27(2,3)32-26(30)29-21-23(20-22(29)18-19-31-7)33-34(28(4,5)6,24-14-10-8-11-15-24)25-16-12-9-13-17-25/h8-19,22-23H,20-21H2,1-7H3/b19-18+/t22-,23-/m0/s1. The van der Waals surface area contributed by atoms with E-state index in [0.29, 0.717) is 13.0 Å². The smallest absolute Gasteiger partial charge is 0.410 e. The van der Waals surface area contributed by atoms with Crippen molar-refractivity contribution < 1.29 is 18.7 Å². The second-order valence-corrected chi connectivity index (χ2v) is 15.2. The molecule has 184 valence electrons. The van der Waals surface area contributed by atoms with E-state index >= 15 is 0 Å². The number of nitrogens with zero attached hydrogens (tertiary/aromatic N) is 1. The molecular weight excluding hydrogens is 442 g/mol. The summed E-state index contributed by atoms with van der Waals surface area (Å²) in [5.74, 6) is 0. The van der Waals surface area contributed by atoms with Crippen molar-refractivity contribution in [1.82, 2.24) is 4.90 Å². The van der Waals surface area contributed by atoms with Crippen molar-refractivity contribution in [2.75, 3.05) is 13.7 Å². The van der Waals surface area contributed by atoms with Crippen LogP contribution in [0.2, 0.25) is 5.04 Å². The fourth-order valence-electron chi connectivity index (χ4n) is 4.73. The maximum Gasteiger partial charge on any atom is 0.410 e. The van der Waals surface area contributed by atoms with Gasteiger partial charge < -0.3 is 13.9 Å². The monoisotopic (exact) mass is 481 g/mol. The number of benzene rings is 2. The van der Waals surface area contributed by atoms with Gasteiger partial charge in [0.15, 0.2) is 0 Å². The Balaban J connectivity index is 2.02. The van der Waals surface area contributed by atoms with E-state index in [9.17, 15) is 4.79 Å². The zero-order valence-electron chi connectivity index (χ0n) is 21.6. The van der Waals surface area contributed by atoms with Crippen molar-refractivity contribution in [3.05, 3.63) is 73.0 Å². The molecule has 1 aliphatic heterocycles. The van der Waals surface area contributed by atoms with Gasteiger partial charge in [-0.05, 0) is 48.7 Å². The van der Waals surface area contributed by atoms with Gasteiger partial charge in [0, 0.05) is 6.54 Å².